The summed E-state index contributed by atoms with van der Waals surface area (Å²) in [5.74, 6) is 0.896. The molecule has 1 fully saturated rings. The fraction of sp³-hybridized carbons (Fsp3) is 0.625. The van der Waals surface area contributed by atoms with E-state index in [0.29, 0.717) is 0 Å². The third-order valence-corrected chi connectivity index (χ3v) is 3.98. The van der Waals surface area contributed by atoms with Crippen molar-refractivity contribution in [1.29, 1.82) is 0 Å². The first-order valence-corrected chi connectivity index (χ1v) is 7.15. The van der Waals surface area contributed by atoms with E-state index in [0.717, 1.165) is 18.5 Å². The lowest BCUT2D eigenvalue weighted by molar-refractivity contribution is 0.300. The first-order chi connectivity index (χ1) is 8.65. The minimum Gasteiger partial charge on any atom is -0.378 e. The Morgan fingerprint density at radius 2 is 1.89 bits per heavy atom. The molecule has 1 aromatic carbocycles. The number of hydrogen-bond donors (Lipinski definition) is 1. The Balaban J connectivity index is 1.82. The largest absolute Gasteiger partial charge is 0.378 e. The first kappa shape index (κ1) is 13.4. The quantitative estimate of drug-likeness (QED) is 0.875. The minimum absolute atomic E-state index is 0.724. The van der Waals surface area contributed by atoms with Gasteiger partial charge in [-0.3, -0.25) is 0 Å². The van der Waals surface area contributed by atoms with Gasteiger partial charge in [-0.15, -0.1) is 0 Å². The second-order valence-corrected chi connectivity index (χ2v) is 5.91. The summed E-state index contributed by atoms with van der Waals surface area (Å²) in [4.78, 5) is 2.14. The highest BCUT2D eigenvalue weighted by Crippen LogP contribution is 2.23. The molecule has 18 heavy (non-hydrogen) atoms. The molecule has 2 atom stereocenters. The van der Waals surface area contributed by atoms with Gasteiger partial charge in [-0.25, -0.2) is 0 Å². The molecule has 0 bridgehead atoms. The van der Waals surface area contributed by atoms with Crippen molar-refractivity contribution in [3.8, 4) is 0 Å². The molecule has 0 aliphatic heterocycles. The van der Waals surface area contributed by atoms with Gasteiger partial charge in [0.15, 0.2) is 0 Å². The van der Waals surface area contributed by atoms with Crippen LogP contribution in [0.4, 0.5) is 5.69 Å². The number of nitrogens with one attached hydrogen (secondary N) is 1. The molecule has 2 unspecified atom stereocenters. The van der Waals surface area contributed by atoms with Gasteiger partial charge >= 0.3 is 0 Å². The monoisotopic (exact) mass is 246 g/mol. The van der Waals surface area contributed by atoms with Gasteiger partial charge < -0.3 is 10.2 Å². The van der Waals surface area contributed by atoms with Gasteiger partial charge in [0.25, 0.3) is 0 Å². The fourth-order valence-electron chi connectivity index (χ4n) is 2.79. The van der Waals surface area contributed by atoms with Crippen LogP contribution < -0.4 is 10.2 Å². The van der Waals surface area contributed by atoms with Crippen LogP contribution in [-0.2, 0) is 6.54 Å². The van der Waals surface area contributed by atoms with Crippen molar-refractivity contribution in [1.82, 2.24) is 5.32 Å². The van der Waals surface area contributed by atoms with Crippen LogP contribution >= 0.6 is 0 Å². The number of benzene rings is 1. The van der Waals surface area contributed by atoms with Crippen LogP contribution in [0.25, 0.3) is 0 Å². The zero-order chi connectivity index (χ0) is 13.0. The minimum atomic E-state index is 0.724. The van der Waals surface area contributed by atoms with E-state index in [4.69, 9.17) is 0 Å². The van der Waals surface area contributed by atoms with E-state index in [9.17, 15) is 0 Å². The molecule has 0 radical (unpaired) electrons. The van der Waals surface area contributed by atoms with Gasteiger partial charge in [0.1, 0.15) is 0 Å². The van der Waals surface area contributed by atoms with Crippen molar-refractivity contribution in [2.45, 2.75) is 45.2 Å². The van der Waals surface area contributed by atoms with E-state index in [1.165, 1.54) is 36.9 Å². The highest BCUT2D eigenvalue weighted by atomic mass is 15.1. The molecule has 1 saturated carbocycles. The molecule has 1 N–H and O–H groups in total. The number of rotatable bonds is 4. The Kier molecular flexibility index (Phi) is 4.65. The van der Waals surface area contributed by atoms with E-state index in [1.54, 1.807) is 0 Å². The second kappa shape index (κ2) is 6.24. The number of nitrogens with zero attached hydrogens (tertiary/aromatic N) is 1. The Hall–Kier alpha value is -1.02. The molecular formula is C16H26N2. The van der Waals surface area contributed by atoms with Crippen molar-refractivity contribution in [3.63, 3.8) is 0 Å². The molecule has 0 aromatic heterocycles. The van der Waals surface area contributed by atoms with Crippen molar-refractivity contribution in [3.05, 3.63) is 29.8 Å². The summed E-state index contributed by atoms with van der Waals surface area (Å²) in [6.45, 7) is 3.38. The van der Waals surface area contributed by atoms with Gasteiger partial charge in [-0.1, -0.05) is 31.9 Å². The lowest BCUT2D eigenvalue weighted by Gasteiger charge is -2.27. The highest BCUT2D eigenvalue weighted by Gasteiger charge is 2.17. The van der Waals surface area contributed by atoms with Crippen LogP contribution in [0.5, 0.6) is 0 Å². The van der Waals surface area contributed by atoms with Crippen LogP contribution in [0.2, 0.25) is 0 Å². The van der Waals surface area contributed by atoms with Gasteiger partial charge in [0.05, 0.1) is 0 Å². The lowest BCUT2D eigenvalue weighted by Crippen LogP contribution is -2.33. The van der Waals surface area contributed by atoms with Gasteiger partial charge in [-0.2, -0.15) is 0 Å². The van der Waals surface area contributed by atoms with Crippen molar-refractivity contribution < 1.29 is 0 Å². The third kappa shape index (κ3) is 3.74. The Morgan fingerprint density at radius 1 is 1.17 bits per heavy atom. The average Bonchev–Trinajstić information content (AvgIpc) is 2.37. The van der Waals surface area contributed by atoms with E-state index in [1.807, 2.05) is 0 Å². The van der Waals surface area contributed by atoms with E-state index in [-0.39, 0.29) is 0 Å². The SMILES string of the molecule is CC1CCCC(NCc2ccc(N(C)C)cc2)C1. The third-order valence-electron chi connectivity index (χ3n) is 3.98. The van der Waals surface area contributed by atoms with Crippen LogP contribution in [0, 0.1) is 5.92 Å². The summed E-state index contributed by atoms with van der Waals surface area (Å²) < 4.78 is 0. The normalized spacial score (nSPS) is 23.9. The molecule has 0 saturated heterocycles. The zero-order valence-corrected chi connectivity index (χ0v) is 11.9. The predicted molar refractivity (Wildman–Crippen MR) is 79.0 cm³/mol. The van der Waals surface area contributed by atoms with Crippen molar-refractivity contribution in [2.24, 2.45) is 5.92 Å². The molecule has 1 aliphatic carbocycles. The van der Waals surface area contributed by atoms with E-state index in [2.05, 4.69) is 55.5 Å². The molecule has 2 rings (SSSR count). The molecular weight excluding hydrogens is 220 g/mol. The molecule has 100 valence electrons. The number of hydrogen-bond acceptors (Lipinski definition) is 2. The Bertz CT molecular complexity index is 356. The van der Waals surface area contributed by atoms with Crippen LogP contribution in [0.3, 0.4) is 0 Å². The van der Waals surface area contributed by atoms with Gasteiger partial charge in [0.2, 0.25) is 0 Å². The fourth-order valence-corrected chi connectivity index (χ4v) is 2.79. The lowest BCUT2D eigenvalue weighted by atomic mass is 9.87. The average molecular weight is 246 g/mol. The molecule has 1 aliphatic rings. The summed E-state index contributed by atoms with van der Waals surface area (Å²) in [5, 5.41) is 3.70. The molecule has 1 aromatic rings. The van der Waals surface area contributed by atoms with Crippen molar-refractivity contribution >= 4 is 5.69 Å². The van der Waals surface area contributed by atoms with Crippen LogP contribution in [0.1, 0.15) is 38.2 Å². The smallest absolute Gasteiger partial charge is 0.0361 e. The summed E-state index contributed by atoms with van der Waals surface area (Å²) in [7, 11) is 4.16. The molecule has 0 spiro atoms. The van der Waals surface area contributed by atoms with Crippen LogP contribution in [-0.4, -0.2) is 20.1 Å². The second-order valence-electron chi connectivity index (χ2n) is 5.91. The summed E-state index contributed by atoms with van der Waals surface area (Å²) in [6.07, 6.45) is 5.49. The van der Waals surface area contributed by atoms with Crippen LogP contribution in [0.15, 0.2) is 24.3 Å². The Morgan fingerprint density at radius 3 is 2.50 bits per heavy atom. The molecule has 2 heteroatoms. The standard InChI is InChI=1S/C16H26N2/c1-13-5-4-6-15(11-13)17-12-14-7-9-16(10-8-14)18(2)3/h7-10,13,15,17H,4-6,11-12H2,1-3H3. The summed E-state index contributed by atoms with van der Waals surface area (Å²) >= 11 is 0. The Labute approximate surface area is 111 Å². The van der Waals surface area contributed by atoms with Gasteiger partial charge in [0, 0.05) is 32.4 Å². The summed E-state index contributed by atoms with van der Waals surface area (Å²) in [6, 6.07) is 9.58. The maximum Gasteiger partial charge on any atom is 0.0361 e. The molecule has 0 heterocycles. The molecule has 0 amide bonds. The highest BCUT2D eigenvalue weighted by molar-refractivity contribution is 5.45. The molecule has 2 nitrogen and oxygen atoms in total. The zero-order valence-electron chi connectivity index (χ0n) is 11.9. The maximum absolute atomic E-state index is 3.70. The van der Waals surface area contributed by atoms with Crippen molar-refractivity contribution in [2.75, 3.05) is 19.0 Å². The predicted octanol–water partition coefficient (Wildman–Crippen LogP) is 3.42. The van der Waals surface area contributed by atoms with Gasteiger partial charge in [-0.05, 0) is 36.5 Å². The summed E-state index contributed by atoms with van der Waals surface area (Å²) in [5.41, 5.74) is 2.66. The topological polar surface area (TPSA) is 15.3 Å². The van der Waals surface area contributed by atoms with E-state index >= 15 is 0 Å². The number of anilines is 1. The first-order valence-electron chi connectivity index (χ1n) is 7.15. The van der Waals surface area contributed by atoms with E-state index < -0.39 is 0 Å². The maximum atomic E-state index is 3.70.